The molecular formula is C12H21N5O2S. The van der Waals surface area contributed by atoms with Crippen LogP contribution in [0.3, 0.4) is 0 Å². The van der Waals surface area contributed by atoms with Crippen molar-refractivity contribution in [3.8, 4) is 0 Å². The van der Waals surface area contributed by atoms with Gasteiger partial charge in [0.2, 0.25) is 5.91 Å². The maximum absolute atomic E-state index is 12.2. The average Bonchev–Trinajstić information content (AvgIpc) is 2.77. The van der Waals surface area contributed by atoms with E-state index in [9.17, 15) is 9.59 Å². The van der Waals surface area contributed by atoms with Gasteiger partial charge < -0.3 is 20.9 Å². The fourth-order valence-corrected chi connectivity index (χ4v) is 2.35. The number of nitrogens with two attached hydrogens (primary N) is 1. The number of rotatable bonds is 6. The van der Waals surface area contributed by atoms with E-state index in [4.69, 9.17) is 5.73 Å². The minimum Gasteiger partial charge on any atom is -0.382 e. The Morgan fingerprint density at radius 3 is 2.50 bits per heavy atom. The van der Waals surface area contributed by atoms with Crippen LogP contribution < -0.4 is 16.0 Å². The highest BCUT2D eigenvalue weighted by atomic mass is 32.1. The lowest BCUT2D eigenvalue weighted by atomic mass is 10.4. The maximum Gasteiger partial charge on any atom is 0.268 e. The Hall–Kier alpha value is -1.83. The second-order valence-electron chi connectivity index (χ2n) is 4.62. The van der Waals surface area contributed by atoms with E-state index in [2.05, 4.69) is 10.3 Å². The summed E-state index contributed by atoms with van der Waals surface area (Å²) in [5, 5.41) is 3.38. The highest BCUT2D eigenvalue weighted by Gasteiger charge is 2.21. The predicted octanol–water partition coefficient (Wildman–Crippen LogP) is 0.390. The van der Waals surface area contributed by atoms with E-state index in [1.165, 1.54) is 16.2 Å². The molecule has 1 aromatic rings. The highest BCUT2D eigenvalue weighted by Crippen LogP contribution is 2.27. The molecule has 0 aliphatic heterocycles. The van der Waals surface area contributed by atoms with Gasteiger partial charge in [-0.3, -0.25) is 9.59 Å². The van der Waals surface area contributed by atoms with E-state index in [0.29, 0.717) is 16.6 Å². The number of anilines is 2. The number of carbonyl (C=O) groups is 2. The topological polar surface area (TPSA) is 91.6 Å². The monoisotopic (exact) mass is 299 g/mol. The molecule has 1 heterocycles. The molecule has 112 valence electrons. The normalized spacial score (nSPS) is 10.2. The summed E-state index contributed by atoms with van der Waals surface area (Å²) in [5.74, 6) is -0.275. The van der Waals surface area contributed by atoms with Gasteiger partial charge in [-0.1, -0.05) is 18.3 Å². The zero-order valence-corrected chi connectivity index (χ0v) is 13.1. The van der Waals surface area contributed by atoms with Crippen LogP contribution in [0.5, 0.6) is 0 Å². The highest BCUT2D eigenvalue weighted by molar-refractivity contribution is 7.18. The SMILES string of the molecule is CCCNC(=O)CN(C)C(=O)c1sc(N(C)C)nc1N. The minimum atomic E-state index is -0.292. The van der Waals surface area contributed by atoms with Crippen LogP contribution in [0.25, 0.3) is 0 Å². The number of nitrogens with zero attached hydrogens (tertiary/aromatic N) is 3. The number of nitrogens with one attached hydrogen (secondary N) is 1. The van der Waals surface area contributed by atoms with E-state index in [-0.39, 0.29) is 24.2 Å². The Balaban J connectivity index is 2.71. The first-order chi connectivity index (χ1) is 9.36. The Kier molecular flexibility index (Phi) is 5.75. The van der Waals surface area contributed by atoms with Gasteiger partial charge in [0, 0.05) is 27.7 Å². The van der Waals surface area contributed by atoms with Crippen LogP contribution in [-0.2, 0) is 4.79 Å². The molecule has 7 nitrogen and oxygen atoms in total. The van der Waals surface area contributed by atoms with Crippen LogP contribution in [0.1, 0.15) is 23.0 Å². The summed E-state index contributed by atoms with van der Waals surface area (Å²) in [6.45, 7) is 2.58. The molecule has 1 rings (SSSR count). The Morgan fingerprint density at radius 2 is 2.00 bits per heavy atom. The lowest BCUT2D eigenvalue weighted by Gasteiger charge is -2.15. The van der Waals surface area contributed by atoms with E-state index in [1.807, 2.05) is 21.0 Å². The third-order valence-corrected chi connectivity index (χ3v) is 3.75. The van der Waals surface area contributed by atoms with Crippen molar-refractivity contribution in [2.45, 2.75) is 13.3 Å². The molecule has 3 N–H and O–H groups in total. The van der Waals surface area contributed by atoms with Crippen molar-refractivity contribution < 1.29 is 9.59 Å². The second kappa shape index (κ2) is 7.09. The van der Waals surface area contributed by atoms with E-state index < -0.39 is 0 Å². The molecule has 0 aromatic carbocycles. The molecule has 1 aromatic heterocycles. The van der Waals surface area contributed by atoms with Crippen molar-refractivity contribution in [3.05, 3.63) is 4.88 Å². The quantitative estimate of drug-likeness (QED) is 0.793. The van der Waals surface area contributed by atoms with Crippen LogP contribution in [0, 0.1) is 0 Å². The molecule has 0 radical (unpaired) electrons. The fourth-order valence-electron chi connectivity index (χ4n) is 1.45. The molecule has 0 atom stereocenters. The largest absolute Gasteiger partial charge is 0.382 e. The molecule has 0 aliphatic rings. The Labute approximate surface area is 122 Å². The number of thiazole rings is 1. The van der Waals surface area contributed by atoms with Gasteiger partial charge in [0.15, 0.2) is 5.13 Å². The van der Waals surface area contributed by atoms with Crippen LogP contribution in [0.15, 0.2) is 0 Å². The zero-order chi connectivity index (χ0) is 15.3. The summed E-state index contributed by atoms with van der Waals surface area (Å²) in [6, 6.07) is 0. The first-order valence-corrected chi connectivity index (χ1v) is 7.14. The summed E-state index contributed by atoms with van der Waals surface area (Å²) >= 11 is 1.22. The van der Waals surface area contributed by atoms with Crippen molar-refractivity contribution in [1.29, 1.82) is 0 Å². The van der Waals surface area contributed by atoms with Crippen LogP contribution in [-0.4, -0.2) is 55.9 Å². The van der Waals surface area contributed by atoms with Gasteiger partial charge in [-0.25, -0.2) is 4.98 Å². The molecule has 0 bridgehead atoms. The van der Waals surface area contributed by atoms with Gasteiger partial charge in [0.1, 0.15) is 10.7 Å². The summed E-state index contributed by atoms with van der Waals surface area (Å²) < 4.78 is 0. The molecule has 0 saturated carbocycles. The van der Waals surface area contributed by atoms with Crippen LogP contribution in [0.4, 0.5) is 10.9 Å². The molecule has 2 amide bonds. The third-order valence-electron chi connectivity index (χ3n) is 2.52. The van der Waals surface area contributed by atoms with Gasteiger partial charge >= 0.3 is 0 Å². The summed E-state index contributed by atoms with van der Waals surface area (Å²) in [5.41, 5.74) is 5.75. The Morgan fingerprint density at radius 1 is 1.35 bits per heavy atom. The molecule has 0 fully saturated rings. The smallest absolute Gasteiger partial charge is 0.268 e. The van der Waals surface area contributed by atoms with Crippen molar-refractivity contribution in [2.75, 3.05) is 44.9 Å². The predicted molar refractivity (Wildman–Crippen MR) is 81.1 cm³/mol. The van der Waals surface area contributed by atoms with Gasteiger partial charge in [0.25, 0.3) is 5.91 Å². The number of likely N-dealkylation sites (N-methyl/N-ethyl adjacent to an activating group) is 1. The maximum atomic E-state index is 12.2. The van der Waals surface area contributed by atoms with Crippen molar-refractivity contribution in [1.82, 2.24) is 15.2 Å². The van der Waals surface area contributed by atoms with Crippen molar-refractivity contribution >= 4 is 34.1 Å². The fraction of sp³-hybridized carbons (Fsp3) is 0.583. The third kappa shape index (κ3) is 4.09. The summed E-state index contributed by atoms with van der Waals surface area (Å²) in [7, 11) is 5.23. The Bertz CT molecular complexity index is 486. The van der Waals surface area contributed by atoms with E-state index in [1.54, 1.807) is 11.9 Å². The standard InChI is InChI=1S/C12H21N5O2S/c1-5-6-14-8(18)7-17(4)11(19)9-10(13)15-12(20-9)16(2)3/h5-7,13H2,1-4H3,(H,14,18). The summed E-state index contributed by atoms with van der Waals surface area (Å²) in [6.07, 6.45) is 0.859. The van der Waals surface area contributed by atoms with Gasteiger partial charge in [0.05, 0.1) is 6.54 Å². The number of hydrogen-bond acceptors (Lipinski definition) is 6. The second-order valence-corrected chi connectivity index (χ2v) is 5.59. The van der Waals surface area contributed by atoms with Crippen LogP contribution >= 0.6 is 11.3 Å². The van der Waals surface area contributed by atoms with E-state index in [0.717, 1.165) is 6.42 Å². The van der Waals surface area contributed by atoms with Gasteiger partial charge in [-0.05, 0) is 6.42 Å². The molecule has 0 saturated heterocycles. The molecule has 0 aliphatic carbocycles. The lowest BCUT2D eigenvalue weighted by molar-refractivity contribution is -0.121. The molecule has 0 unspecified atom stereocenters. The first kappa shape index (κ1) is 16.2. The van der Waals surface area contributed by atoms with Crippen molar-refractivity contribution in [3.63, 3.8) is 0 Å². The van der Waals surface area contributed by atoms with Crippen LogP contribution in [0.2, 0.25) is 0 Å². The van der Waals surface area contributed by atoms with Crippen molar-refractivity contribution in [2.24, 2.45) is 0 Å². The number of amides is 2. The molecular weight excluding hydrogens is 278 g/mol. The minimum absolute atomic E-state index is 0.00741. The molecule has 8 heteroatoms. The number of hydrogen-bond donors (Lipinski definition) is 2. The number of aromatic nitrogens is 1. The molecule has 0 spiro atoms. The zero-order valence-electron chi connectivity index (χ0n) is 12.3. The van der Waals surface area contributed by atoms with Gasteiger partial charge in [-0.2, -0.15) is 0 Å². The lowest BCUT2D eigenvalue weighted by Crippen LogP contribution is -2.38. The summed E-state index contributed by atoms with van der Waals surface area (Å²) in [4.78, 5) is 31.4. The van der Waals surface area contributed by atoms with E-state index >= 15 is 0 Å². The number of nitrogen functional groups attached to an aromatic ring is 1. The first-order valence-electron chi connectivity index (χ1n) is 6.32. The number of carbonyl (C=O) groups excluding carboxylic acids is 2. The molecule has 20 heavy (non-hydrogen) atoms. The average molecular weight is 299 g/mol. The van der Waals surface area contributed by atoms with Gasteiger partial charge in [-0.15, -0.1) is 0 Å².